The molecule has 0 fully saturated rings. The molecule has 0 atom stereocenters. The van der Waals surface area contributed by atoms with Gasteiger partial charge in [-0.3, -0.25) is 4.98 Å². The van der Waals surface area contributed by atoms with Crippen LogP contribution in [0, 0.1) is 6.92 Å². The molecule has 0 unspecified atom stereocenters. The Morgan fingerprint density at radius 3 is 2.50 bits per heavy atom. The van der Waals surface area contributed by atoms with E-state index in [0.717, 1.165) is 10.9 Å². The second-order valence-corrected chi connectivity index (χ2v) is 4.20. The Morgan fingerprint density at radius 2 is 1.79 bits per heavy atom. The molecular formula is C10H6Cl3N. The minimum atomic E-state index is 0.449. The SMILES string of the molecule is Cc1ccc(Cl)c2ncc(Cl)c(Cl)c12. The van der Waals surface area contributed by atoms with Gasteiger partial charge in [0.05, 0.1) is 20.6 Å². The van der Waals surface area contributed by atoms with E-state index in [9.17, 15) is 0 Å². The van der Waals surface area contributed by atoms with E-state index in [-0.39, 0.29) is 0 Å². The Labute approximate surface area is 96.6 Å². The van der Waals surface area contributed by atoms with Crippen LogP contribution in [0.5, 0.6) is 0 Å². The predicted octanol–water partition coefficient (Wildman–Crippen LogP) is 4.50. The average Bonchev–Trinajstić information content (AvgIpc) is 2.16. The molecule has 0 radical (unpaired) electrons. The molecular weight excluding hydrogens is 240 g/mol. The summed E-state index contributed by atoms with van der Waals surface area (Å²) < 4.78 is 0. The van der Waals surface area contributed by atoms with E-state index in [0.29, 0.717) is 20.6 Å². The number of pyridine rings is 1. The Kier molecular flexibility index (Phi) is 2.56. The van der Waals surface area contributed by atoms with Crippen LogP contribution in [0.1, 0.15) is 5.56 Å². The van der Waals surface area contributed by atoms with E-state index in [1.54, 1.807) is 6.07 Å². The second-order valence-electron chi connectivity index (χ2n) is 3.01. The molecule has 0 aliphatic heterocycles. The molecule has 1 heterocycles. The molecule has 0 spiro atoms. The molecule has 0 bridgehead atoms. The van der Waals surface area contributed by atoms with Crippen molar-refractivity contribution < 1.29 is 0 Å². The second kappa shape index (κ2) is 3.58. The number of aryl methyl sites for hydroxylation is 1. The van der Waals surface area contributed by atoms with Crippen molar-refractivity contribution in [3.05, 3.63) is 39.0 Å². The third-order valence-corrected chi connectivity index (χ3v) is 3.15. The molecule has 14 heavy (non-hydrogen) atoms. The predicted molar refractivity (Wildman–Crippen MR) is 61.5 cm³/mol. The van der Waals surface area contributed by atoms with Crippen molar-refractivity contribution >= 4 is 45.7 Å². The summed E-state index contributed by atoms with van der Waals surface area (Å²) in [4.78, 5) is 4.15. The summed E-state index contributed by atoms with van der Waals surface area (Å²) in [5.41, 5.74) is 1.71. The van der Waals surface area contributed by atoms with Crippen LogP contribution in [0.15, 0.2) is 18.3 Å². The smallest absolute Gasteiger partial charge is 0.0906 e. The summed E-state index contributed by atoms with van der Waals surface area (Å²) in [7, 11) is 0. The molecule has 1 nitrogen and oxygen atoms in total. The van der Waals surface area contributed by atoms with Crippen molar-refractivity contribution in [1.29, 1.82) is 0 Å². The Bertz CT molecular complexity index is 508. The topological polar surface area (TPSA) is 12.9 Å². The van der Waals surface area contributed by atoms with Gasteiger partial charge < -0.3 is 0 Å². The summed E-state index contributed by atoms with van der Waals surface area (Å²) >= 11 is 17.9. The molecule has 0 amide bonds. The number of hydrogen-bond acceptors (Lipinski definition) is 1. The summed E-state index contributed by atoms with van der Waals surface area (Å²) in [6, 6.07) is 3.70. The summed E-state index contributed by atoms with van der Waals surface area (Å²) in [5.74, 6) is 0. The lowest BCUT2D eigenvalue weighted by atomic mass is 10.1. The van der Waals surface area contributed by atoms with Gasteiger partial charge in [-0.05, 0) is 18.6 Å². The Hall–Kier alpha value is -0.500. The van der Waals surface area contributed by atoms with Gasteiger partial charge in [0.1, 0.15) is 0 Å². The molecule has 2 rings (SSSR count). The van der Waals surface area contributed by atoms with Crippen molar-refractivity contribution in [2.75, 3.05) is 0 Å². The Balaban J connectivity index is 3.01. The number of hydrogen-bond donors (Lipinski definition) is 0. The van der Waals surface area contributed by atoms with Crippen LogP contribution in [0.4, 0.5) is 0 Å². The van der Waals surface area contributed by atoms with Crippen LogP contribution in [0.25, 0.3) is 10.9 Å². The standard InChI is InChI=1S/C10H6Cl3N/c1-5-2-3-6(11)10-8(5)9(13)7(12)4-14-10/h2-4H,1H3. The molecule has 1 aromatic carbocycles. The maximum absolute atomic E-state index is 6.07. The molecule has 0 N–H and O–H groups in total. The molecule has 0 saturated heterocycles. The normalized spacial score (nSPS) is 10.9. The number of benzene rings is 1. The van der Waals surface area contributed by atoms with Crippen molar-refractivity contribution in [2.24, 2.45) is 0 Å². The number of fused-ring (bicyclic) bond motifs is 1. The maximum Gasteiger partial charge on any atom is 0.0906 e. The third-order valence-electron chi connectivity index (χ3n) is 2.07. The lowest BCUT2D eigenvalue weighted by molar-refractivity contribution is 1.39. The number of aromatic nitrogens is 1. The fraction of sp³-hybridized carbons (Fsp3) is 0.100. The van der Waals surface area contributed by atoms with Gasteiger partial charge in [-0.1, -0.05) is 40.9 Å². The number of halogens is 3. The minimum Gasteiger partial charge on any atom is -0.253 e. The zero-order valence-corrected chi connectivity index (χ0v) is 9.58. The molecule has 2 aromatic rings. The summed E-state index contributed by atoms with van der Waals surface area (Å²) in [6.45, 7) is 1.95. The van der Waals surface area contributed by atoms with Crippen LogP contribution in [-0.4, -0.2) is 4.98 Å². The monoisotopic (exact) mass is 245 g/mol. The molecule has 0 saturated carbocycles. The number of rotatable bonds is 0. The van der Waals surface area contributed by atoms with Gasteiger partial charge in [0.2, 0.25) is 0 Å². The molecule has 4 heteroatoms. The average molecular weight is 247 g/mol. The fourth-order valence-corrected chi connectivity index (χ4v) is 2.00. The summed E-state index contributed by atoms with van der Waals surface area (Å²) in [6.07, 6.45) is 1.51. The van der Waals surface area contributed by atoms with E-state index in [4.69, 9.17) is 34.8 Å². The van der Waals surface area contributed by atoms with Gasteiger partial charge in [0.25, 0.3) is 0 Å². The largest absolute Gasteiger partial charge is 0.253 e. The first-order chi connectivity index (χ1) is 6.61. The van der Waals surface area contributed by atoms with Gasteiger partial charge in [0, 0.05) is 11.6 Å². The molecule has 0 aliphatic rings. The highest BCUT2D eigenvalue weighted by Crippen LogP contribution is 2.34. The van der Waals surface area contributed by atoms with Crippen LogP contribution in [0.2, 0.25) is 15.1 Å². The van der Waals surface area contributed by atoms with Crippen molar-refractivity contribution in [3.8, 4) is 0 Å². The van der Waals surface area contributed by atoms with Gasteiger partial charge in [0.15, 0.2) is 0 Å². The fourth-order valence-electron chi connectivity index (χ4n) is 1.37. The first-order valence-electron chi connectivity index (χ1n) is 4.00. The Morgan fingerprint density at radius 1 is 1.07 bits per heavy atom. The quantitative estimate of drug-likeness (QED) is 0.667. The summed E-state index contributed by atoms with van der Waals surface area (Å²) in [5, 5.41) is 2.37. The van der Waals surface area contributed by atoms with E-state index >= 15 is 0 Å². The van der Waals surface area contributed by atoms with E-state index < -0.39 is 0 Å². The van der Waals surface area contributed by atoms with Crippen LogP contribution < -0.4 is 0 Å². The van der Waals surface area contributed by atoms with Crippen LogP contribution in [0.3, 0.4) is 0 Å². The van der Waals surface area contributed by atoms with E-state index in [1.165, 1.54) is 6.20 Å². The zero-order chi connectivity index (χ0) is 10.3. The highest BCUT2D eigenvalue weighted by atomic mass is 35.5. The van der Waals surface area contributed by atoms with Gasteiger partial charge in [-0.25, -0.2) is 0 Å². The van der Waals surface area contributed by atoms with Crippen LogP contribution in [-0.2, 0) is 0 Å². The van der Waals surface area contributed by atoms with Gasteiger partial charge in [-0.15, -0.1) is 0 Å². The van der Waals surface area contributed by atoms with Gasteiger partial charge >= 0.3 is 0 Å². The van der Waals surface area contributed by atoms with E-state index in [1.807, 2.05) is 13.0 Å². The van der Waals surface area contributed by atoms with Crippen molar-refractivity contribution in [1.82, 2.24) is 4.98 Å². The van der Waals surface area contributed by atoms with Gasteiger partial charge in [-0.2, -0.15) is 0 Å². The van der Waals surface area contributed by atoms with Crippen LogP contribution >= 0.6 is 34.8 Å². The number of nitrogens with zero attached hydrogens (tertiary/aromatic N) is 1. The molecule has 72 valence electrons. The molecule has 0 aliphatic carbocycles. The minimum absolute atomic E-state index is 0.449. The third kappa shape index (κ3) is 1.46. The van der Waals surface area contributed by atoms with E-state index in [2.05, 4.69) is 4.98 Å². The highest BCUT2D eigenvalue weighted by molar-refractivity contribution is 6.46. The van der Waals surface area contributed by atoms with Crippen molar-refractivity contribution in [2.45, 2.75) is 6.92 Å². The lowest BCUT2D eigenvalue weighted by Gasteiger charge is -2.06. The lowest BCUT2D eigenvalue weighted by Crippen LogP contribution is -1.85. The highest BCUT2D eigenvalue weighted by Gasteiger charge is 2.09. The first kappa shape index (κ1) is 10.0. The zero-order valence-electron chi connectivity index (χ0n) is 7.31. The van der Waals surface area contributed by atoms with Crippen molar-refractivity contribution in [3.63, 3.8) is 0 Å². The first-order valence-corrected chi connectivity index (χ1v) is 5.13. The molecule has 1 aromatic heterocycles. The maximum atomic E-state index is 6.07.